The molecule has 1 aromatic heterocycles. The molecule has 6 nitrogen and oxygen atoms in total. The molecule has 2 aromatic carbocycles. The van der Waals surface area contributed by atoms with E-state index in [0.29, 0.717) is 11.5 Å². The average molecular weight is 346 g/mol. The first-order valence-electron chi connectivity index (χ1n) is 7.11. The quantitative estimate of drug-likeness (QED) is 0.788. The van der Waals surface area contributed by atoms with E-state index in [4.69, 9.17) is 11.6 Å². The fourth-order valence-electron chi connectivity index (χ4n) is 2.15. The van der Waals surface area contributed by atoms with Crippen LogP contribution in [0.15, 0.2) is 42.5 Å². The molecule has 24 heavy (non-hydrogen) atoms. The number of nitrogens with zero attached hydrogens (tertiary/aromatic N) is 4. The fraction of sp³-hybridized carbons (Fsp3) is 0.125. The highest BCUT2D eigenvalue weighted by Crippen LogP contribution is 2.22. The van der Waals surface area contributed by atoms with E-state index in [2.05, 4.69) is 20.7 Å². The van der Waals surface area contributed by atoms with Gasteiger partial charge in [0, 0.05) is 5.56 Å². The number of nitrogens with one attached hydrogen (secondary N) is 1. The van der Waals surface area contributed by atoms with Gasteiger partial charge in [-0.2, -0.15) is 4.80 Å². The summed E-state index contributed by atoms with van der Waals surface area (Å²) in [6, 6.07) is 11.4. The van der Waals surface area contributed by atoms with E-state index in [1.54, 1.807) is 0 Å². The molecule has 0 spiro atoms. The van der Waals surface area contributed by atoms with E-state index >= 15 is 0 Å². The zero-order valence-corrected chi connectivity index (χ0v) is 13.5. The maximum absolute atomic E-state index is 13.0. The average Bonchev–Trinajstić information content (AvgIpc) is 2.99. The number of carbonyl (C=O) groups excluding carboxylic acids is 1. The number of rotatable bonds is 4. The zero-order chi connectivity index (χ0) is 17.1. The lowest BCUT2D eigenvalue weighted by Crippen LogP contribution is -2.20. The maximum atomic E-state index is 13.0. The largest absolute Gasteiger partial charge is 0.323 e. The molecular formula is C16H13ClFN5O. The number of hydrogen-bond donors (Lipinski definition) is 1. The van der Waals surface area contributed by atoms with E-state index in [1.165, 1.54) is 16.9 Å². The van der Waals surface area contributed by atoms with Gasteiger partial charge in [0.15, 0.2) is 0 Å². The van der Waals surface area contributed by atoms with Crippen LogP contribution in [0.5, 0.6) is 0 Å². The van der Waals surface area contributed by atoms with Gasteiger partial charge in [-0.25, -0.2) is 4.39 Å². The van der Waals surface area contributed by atoms with E-state index in [0.717, 1.165) is 17.2 Å². The predicted molar refractivity (Wildman–Crippen MR) is 88.0 cm³/mol. The molecule has 0 saturated carbocycles. The minimum absolute atomic E-state index is 0.121. The van der Waals surface area contributed by atoms with Crippen LogP contribution in [0.3, 0.4) is 0 Å². The number of amides is 1. The molecule has 0 aliphatic carbocycles. The monoisotopic (exact) mass is 345 g/mol. The number of carbonyl (C=O) groups is 1. The number of anilines is 1. The van der Waals surface area contributed by atoms with Gasteiger partial charge in [-0.3, -0.25) is 4.79 Å². The summed E-state index contributed by atoms with van der Waals surface area (Å²) in [6.07, 6.45) is 0. The summed E-state index contributed by atoms with van der Waals surface area (Å²) in [5.41, 5.74) is 2.19. The Kier molecular flexibility index (Phi) is 4.52. The zero-order valence-electron chi connectivity index (χ0n) is 12.7. The summed E-state index contributed by atoms with van der Waals surface area (Å²) >= 11 is 5.87. The van der Waals surface area contributed by atoms with Crippen molar-refractivity contribution in [2.75, 3.05) is 5.32 Å². The number of hydrogen-bond acceptors (Lipinski definition) is 4. The second-order valence-electron chi connectivity index (χ2n) is 5.13. The van der Waals surface area contributed by atoms with Gasteiger partial charge >= 0.3 is 0 Å². The minimum Gasteiger partial charge on any atom is -0.323 e. The normalized spacial score (nSPS) is 10.6. The van der Waals surface area contributed by atoms with Crippen molar-refractivity contribution in [3.8, 4) is 11.4 Å². The van der Waals surface area contributed by atoms with E-state index in [1.807, 2.05) is 31.2 Å². The Morgan fingerprint density at radius 1 is 1.29 bits per heavy atom. The molecule has 8 heteroatoms. The molecule has 3 rings (SSSR count). The van der Waals surface area contributed by atoms with Crippen LogP contribution >= 0.6 is 11.6 Å². The third-order valence-electron chi connectivity index (χ3n) is 3.33. The summed E-state index contributed by atoms with van der Waals surface area (Å²) < 4.78 is 13.0. The molecule has 1 amide bonds. The molecule has 0 atom stereocenters. The molecule has 122 valence electrons. The molecule has 0 saturated heterocycles. The molecule has 3 aromatic rings. The van der Waals surface area contributed by atoms with E-state index in [9.17, 15) is 9.18 Å². The molecule has 0 unspecified atom stereocenters. The number of halogens is 2. The lowest BCUT2D eigenvalue weighted by Gasteiger charge is -2.06. The van der Waals surface area contributed by atoms with Crippen LogP contribution < -0.4 is 5.32 Å². The van der Waals surface area contributed by atoms with Crippen LogP contribution in [0.4, 0.5) is 10.1 Å². The SMILES string of the molecule is Cc1ccccc1-c1nnn(CC(=O)Nc2ccc(F)cc2Cl)n1. The Hall–Kier alpha value is -2.80. The number of aryl methyl sites for hydroxylation is 1. The van der Waals surface area contributed by atoms with Gasteiger partial charge in [0.1, 0.15) is 12.4 Å². The van der Waals surface area contributed by atoms with Gasteiger partial charge in [-0.15, -0.1) is 10.2 Å². The first-order chi connectivity index (χ1) is 11.5. The number of aromatic nitrogens is 4. The lowest BCUT2D eigenvalue weighted by atomic mass is 10.1. The number of benzene rings is 2. The Bertz CT molecular complexity index is 896. The van der Waals surface area contributed by atoms with Gasteiger partial charge in [0.25, 0.3) is 0 Å². The van der Waals surface area contributed by atoms with Gasteiger partial charge < -0.3 is 5.32 Å². The molecule has 0 fully saturated rings. The van der Waals surface area contributed by atoms with Crippen molar-refractivity contribution in [1.29, 1.82) is 0 Å². The first-order valence-corrected chi connectivity index (χ1v) is 7.49. The van der Waals surface area contributed by atoms with Crippen molar-refractivity contribution >= 4 is 23.2 Å². The van der Waals surface area contributed by atoms with Gasteiger partial charge in [-0.05, 0) is 35.9 Å². The van der Waals surface area contributed by atoms with Crippen molar-refractivity contribution in [2.24, 2.45) is 0 Å². The Morgan fingerprint density at radius 2 is 2.08 bits per heavy atom. The molecule has 0 aliphatic heterocycles. The minimum atomic E-state index is -0.473. The van der Waals surface area contributed by atoms with Crippen molar-refractivity contribution in [2.45, 2.75) is 13.5 Å². The molecule has 0 aliphatic rings. The Morgan fingerprint density at radius 3 is 2.83 bits per heavy atom. The maximum Gasteiger partial charge on any atom is 0.248 e. The summed E-state index contributed by atoms with van der Waals surface area (Å²) in [4.78, 5) is 13.2. The van der Waals surface area contributed by atoms with E-state index < -0.39 is 11.7 Å². The second-order valence-corrected chi connectivity index (χ2v) is 5.54. The highest BCUT2D eigenvalue weighted by Gasteiger charge is 2.12. The van der Waals surface area contributed by atoms with Crippen molar-refractivity contribution in [3.63, 3.8) is 0 Å². The van der Waals surface area contributed by atoms with Crippen molar-refractivity contribution < 1.29 is 9.18 Å². The van der Waals surface area contributed by atoms with Crippen LogP contribution in [0.2, 0.25) is 5.02 Å². The summed E-state index contributed by atoms with van der Waals surface area (Å²) in [6.45, 7) is 1.81. The second kappa shape index (κ2) is 6.76. The molecule has 1 heterocycles. The third kappa shape index (κ3) is 3.57. The highest BCUT2D eigenvalue weighted by molar-refractivity contribution is 6.33. The first kappa shape index (κ1) is 16.1. The number of tetrazole rings is 1. The van der Waals surface area contributed by atoms with Gasteiger partial charge in [-0.1, -0.05) is 35.9 Å². The third-order valence-corrected chi connectivity index (χ3v) is 3.64. The van der Waals surface area contributed by atoms with Crippen LogP contribution in [-0.2, 0) is 11.3 Å². The smallest absolute Gasteiger partial charge is 0.248 e. The van der Waals surface area contributed by atoms with Crippen LogP contribution in [-0.4, -0.2) is 26.1 Å². The molecule has 1 N–H and O–H groups in total. The van der Waals surface area contributed by atoms with E-state index in [-0.39, 0.29) is 11.6 Å². The van der Waals surface area contributed by atoms with Crippen LogP contribution in [0.25, 0.3) is 11.4 Å². The summed E-state index contributed by atoms with van der Waals surface area (Å²) in [7, 11) is 0. The highest BCUT2D eigenvalue weighted by atomic mass is 35.5. The summed E-state index contributed by atoms with van der Waals surface area (Å²) in [5, 5.41) is 14.7. The molecular weight excluding hydrogens is 333 g/mol. The predicted octanol–water partition coefficient (Wildman–Crippen LogP) is 3.08. The standard InChI is InChI=1S/C16H13ClFN5O/c1-10-4-2-3-5-12(10)16-20-22-23(21-16)9-15(24)19-14-7-6-11(18)8-13(14)17/h2-8H,9H2,1H3,(H,19,24). The molecule has 0 radical (unpaired) electrons. The van der Waals surface area contributed by atoms with Gasteiger partial charge in [0.2, 0.25) is 11.7 Å². The summed E-state index contributed by atoms with van der Waals surface area (Å²) in [5.74, 6) is -0.420. The molecule has 0 bridgehead atoms. The topological polar surface area (TPSA) is 72.7 Å². The van der Waals surface area contributed by atoms with Crippen LogP contribution in [0.1, 0.15) is 5.56 Å². The Labute approximate surface area is 142 Å². The van der Waals surface area contributed by atoms with Gasteiger partial charge in [0.05, 0.1) is 10.7 Å². The Balaban J connectivity index is 1.70. The fourth-order valence-corrected chi connectivity index (χ4v) is 2.37. The van der Waals surface area contributed by atoms with Crippen LogP contribution in [0, 0.1) is 12.7 Å². The van der Waals surface area contributed by atoms with Crippen molar-refractivity contribution in [3.05, 3.63) is 58.9 Å². The van der Waals surface area contributed by atoms with Crippen molar-refractivity contribution in [1.82, 2.24) is 20.2 Å². The lowest BCUT2D eigenvalue weighted by molar-refractivity contribution is -0.117.